The summed E-state index contributed by atoms with van der Waals surface area (Å²) in [7, 11) is 0. The molecule has 1 atom stereocenters. The minimum Gasteiger partial charge on any atom is -0.351 e. The molecule has 1 unspecified atom stereocenters. The highest BCUT2D eigenvalue weighted by Gasteiger charge is 2.32. The van der Waals surface area contributed by atoms with Gasteiger partial charge in [0.05, 0.1) is 10.8 Å². The maximum absolute atomic E-state index is 14.3. The van der Waals surface area contributed by atoms with Crippen LogP contribution in [-0.4, -0.2) is 25.9 Å². The lowest BCUT2D eigenvalue weighted by Gasteiger charge is -2.13. The molecule has 1 aliphatic rings. The van der Waals surface area contributed by atoms with Crippen molar-refractivity contribution in [3.63, 3.8) is 0 Å². The lowest BCUT2D eigenvalue weighted by atomic mass is 10.2. The first-order valence-electron chi connectivity index (χ1n) is 9.41. The van der Waals surface area contributed by atoms with Gasteiger partial charge in [0.1, 0.15) is 11.6 Å². The zero-order valence-corrected chi connectivity index (χ0v) is 16.6. The van der Waals surface area contributed by atoms with Gasteiger partial charge in [-0.1, -0.05) is 36.0 Å². The number of carbonyl (C=O) groups is 1. The molecule has 1 amide bonds. The van der Waals surface area contributed by atoms with E-state index >= 15 is 0 Å². The third-order valence-corrected chi connectivity index (χ3v) is 5.78. The molecule has 0 radical (unpaired) electrons. The van der Waals surface area contributed by atoms with Gasteiger partial charge >= 0.3 is 0 Å². The van der Waals surface area contributed by atoms with Crippen LogP contribution in [0.25, 0.3) is 11.4 Å². The fourth-order valence-corrected chi connectivity index (χ4v) is 3.94. The molecule has 5 nitrogen and oxygen atoms in total. The molecule has 1 fully saturated rings. The van der Waals surface area contributed by atoms with Crippen molar-refractivity contribution in [1.82, 2.24) is 20.1 Å². The Bertz CT molecular complexity index is 1020. The Kier molecular flexibility index (Phi) is 5.62. The summed E-state index contributed by atoms with van der Waals surface area (Å²) in [5, 5.41) is 11.5. The summed E-state index contributed by atoms with van der Waals surface area (Å²) in [6.45, 7) is 2.11. The number of carbonyl (C=O) groups excluding carboxylic acids is 1. The molecule has 2 aromatic carbocycles. The maximum atomic E-state index is 14.3. The first-order valence-corrected chi connectivity index (χ1v) is 10.3. The summed E-state index contributed by atoms with van der Waals surface area (Å²) in [5.41, 5.74) is 1.23. The van der Waals surface area contributed by atoms with E-state index in [1.807, 2.05) is 4.57 Å². The summed E-state index contributed by atoms with van der Waals surface area (Å²) < 4.78 is 29.2. The molecule has 0 saturated heterocycles. The van der Waals surface area contributed by atoms with Crippen LogP contribution in [0.3, 0.4) is 0 Å². The van der Waals surface area contributed by atoms with E-state index in [1.165, 1.54) is 30.0 Å². The van der Waals surface area contributed by atoms with E-state index in [0.717, 1.165) is 18.4 Å². The molecule has 8 heteroatoms. The second-order valence-electron chi connectivity index (χ2n) is 6.99. The zero-order valence-electron chi connectivity index (χ0n) is 15.8. The Morgan fingerprint density at radius 3 is 2.59 bits per heavy atom. The highest BCUT2D eigenvalue weighted by molar-refractivity contribution is 8.00. The Hall–Kier alpha value is -2.74. The molecule has 1 N–H and O–H groups in total. The molecule has 3 aromatic rings. The van der Waals surface area contributed by atoms with Crippen LogP contribution in [0.4, 0.5) is 8.78 Å². The van der Waals surface area contributed by atoms with Gasteiger partial charge in [0.15, 0.2) is 11.0 Å². The maximum Gasteiger partial charge on any atom is 0.233 e. The van der Waals surface area contributed by atoms with E-state index in [1.54, 1.807) is 37.3 Å². The number of rotatable bonds is 7. The van der Waals surface area contributed by atoms with E-state index in [9.17, 15) is 13.6 Å². The Morgan fingerprint density at radius 2 is 1.90 bits per heavy atom. The van der Waals surface area contributed by atoms with Crippen LogP contribution >= 0.6 is 11.8 Å². The van der Waals surface area contributed by atoms with Gasteiger partial charge in [0, 0.05) is 12.6 Å². The number of thioether (sulfide) groups is 1. The number of nitrogens with one attached hydrogen (secondary N) is 1. The summed E-state index contributed by atoms with van der Waals surface area (Å²) in [6, 6.07) is 12.7. The minimum atomic E-state index is -0.411. The lowest BCUT2D eigenvalue weighted by molar-refractivity contribution is -0.120. The van der Waals surface area contributed by atoms with Crippen molar-refractivity contribution in [1.29, 1.82) is 0 Å². The number of benzene rings is 2. The van der Waals surface area contributed by atoms with E-state index < -0.39 is 5.25 Å². The van der Waals surface area contributed by atoms with Crippen LogP contribution in [0.5, 0.6) is 0 Å². The molecule has 1 aromatic heterocycles. The molecular formula is C21H20F2N4OS. The van der Waals surface area contributed by atoms with E-state index in [4.69, 9.17) is 0 Å². The first-order chi connectivity index (χ1) is 14.0. The Morgan fingerprint density at radius 1 is 1.17 bits per heavy atom. The van der Waals surface area contributed by atoms with Gasteiger partial charge in [-0.3, -0.25) is 9.36 Å². The monoisotopic (exact) mass is 414 g/mol. The molecule has 150 valence electrons. The van der Waals surface area contributed by atoms with Crippen LogP contribution in [0.15, 0.2) is 53.7 Å². The predicted octanol–water partition coefficient (Wildman–Crippen LogP) is 4.36. The van der Waals surface area contributed by atoms with Gasteiger partial charge in [-0.2, -0.15) is 0 Å². The van der Waals surface area contributed by atoms with Crippen molar-refractivity contribution in [3.8, 4) is 11.4 Å². The average Bonchev–Trinajstić information content (AvgIpc) is 3.48. The molecular weight excluding hydrogens is 394 g/mol. The third kappa shape index (κ3) is 4.48. The SMILES string of the molecule is CC(Sc1nnc(-c2ccccc2F)n1C1CC1)C(=O)NCc1ccc(F)cc1. The summed E-state index contributed by atoms with van der Waals surface area (Å²) in [6.07, 6.45) is 1.97. The van der Waals surface area contributed by atoms with Crippen molar-refractivity contribution in [2.24, 2.45) is 0 Å². The Labute approximate surface area is 171 Å². The standard InChI is InChI=1S/C21H20F2N4OS/c1-13(20(28)24-12-14-6-8-15(22)9-7-14)29-21-26-25-19(27(21)16-10-11-16)17-4-2-3-5-18(17)23/h2-9,13,16H,10-12H2,1H3,(H,24,28). The van der Waals surface area contributed by atoms with Gasteiger partial charge < -0.3 is 5.32 Å². The van der Waals surface area contributed by atoms with Gasteiger partial charge in [-0.05, 0) is 49.6 Å². The second kappa shape index (κ2) is 8.32. The average molecular weight is 414 g/mol. The summed E-state index contributed by atoms with van der Waals surface area (Å²) >= 11 is 1.30. The quantitative estimate of drug-likeness (QED) is 0.584. The highest BCUT2D eigenvalue weighted by Crippen LogP contribution is 2.42. The predicted molar refractivity (Wildman–Crippen MR) is 107 cm³/mol. The number of aromatic nitrogens is 3. The summed E-state index contributed by atoms with van der Waals surface area (Å²) in [4.78, 5) is 12.5. The van der Waals surface area contributed by atoms with E-state index in [-0.39, 0.29) is 23.6 Å². The van der Waals surface area contributed by atoms with Crippen molar-refractivity contribution < 1.29 is 13.6 Å². The fourth-order valence-electron chi connectivity index (χ4n) is 2.99. The molecule has 0 spiro atoms. The van der Waals surface area contributed by atoms with Crippen LogP contribution in [0.2, 0.25) is 0 Å². The molecule has 1 saturated carbocycles. The van der Waals surface area contributed by atoms with Crippen molar-refractivity contribution in [2.75, 3.05) is 0 Å². The first kappa shape index (κ1) is 19.6. The number of halogens is 2. The van der Waals surface area contributed by atoms with Crippen molar-refractivity contribution in [3.05, 3.63) is 65.7 Å². The zero-order chi connectivity index (χ0) is 20.4. The number of hydrogen-bond donors (Lipinski definition) is 1. The van der Waals surface area contributed by atoms with Crippen LogP contribution in [0.1, 0.15) is 31.4 Å². The van der Waals surface area contributed by atoms with Gasteiger partial charge in [-0.15, -0.1) is 10.2 Å². The molecule has 1 heterocycles. The highest BCUT2D eigenvalue weighted by atomic mass is 32.2. The van der Waals surface area contributed by atoms with Crippen LogP contribution < -0.4 is 5.32 Å². The molecule has 29 heavy (non-hydrogen) atoms. The Balaban J connectivity index is 1.47. The van der Waals surface area contributed by atoms with Crippen molar-refractivity contribution >= 4 is 17.7 Å². The largest absolute Gasteiger partial charge is 0.351 e. The van der Waals surface area contributed by atoms with Gasteiger partial charge in [0.2, 0.25) is 5.91 Å². The van der Waals surface area contributed by atoms with Crippen LogP contribution in [-0.2, 0) is 11.3 Å². The number of hydrogen-bond acceptors (Lipinski definition) is 4. The smallest absolute Gasteiger partial charge is 0.233 e. The summed E-state index contributed by atoms with van der Waals surface area (Å²) in [5.74, 6) is -0.318. The van der Waals surface area contributed by atoms with Gasteiger partial charge in [0.25, 0.3) is 0 Å². The topological polar surface area (TPSA) is 59.8 Å². The fraction of sp³-hybridized carbons (Fsp3) is 0.286. The van der Waals surface area contributed by atoms with Crippen LogP contribution in [0, 0.1) is 11.6 Å². The lowest BCUT2D eigenvalue weighted by Crippen LogP contribution is -2.30. The number of amides is 1. The molecule has 0 bridgehead atoms. The van der Waals surface area contributed by atoms with E-state index in [0.29, 0.717) is 23.1 Å². The second-order valence-corrected chi connectivity index (χ2v) is 8.30. The third-order valence-electron chi connectivity index (χ3n) is 4.72. The van der Waals surface area contributed by atoms with Crippen molar-refractivity contribution in [2.45, 2.75) is 42.8 Å². The molecule has 4 rings (SSSR count). The normalized spacial score (nSPS) is 14.6. The molecule has 0 aliphatic heterocycles. The van der Waals surface area contributed by atoms with Gasteiger partial charge in [-0.25, -0.2) is 8.78 Å². The number of nitrogens with zero attached hydrogens (tertiary/aromatic N) is 3. The van der Waals surface area contributed by atoms with E-state index in [2.05, 4.69) is 15.5 Å². The molecule has 1 aliphatic carbocycles. The minimum absolute atomic E-state index is 0.155.